The zero-order valence-electron chi connectivity index (χ0n) is 23.3. The first-order valence-corrected chi connectivity index (χ1v) is 13.8. The number of methoxy groups -OCH3 is 1. The van der Waals surface area contributed by atoms with Crippen molar-refractivity contribution in [3.05, 3.63) is 64.7 Å². The summed E-state index contributed by atoms with van der Waals surface area (Å²) in [6.07, 6.45) is 2.34. The molecule has 3 aliphatic rings. The van der Waals surface area contributed by atoms with Gasteiger partial charge in [0.05, 0.1) is 13.7 Å². The summed E-state index contributed by atoms with van der Waals surface area (Å²) in [5.74, 6) is 6.11. The fourth-order valence-electron chi connectivity index (χ4n) is 5.36. The van der Waals surface area contributed by atoms with Crippen LogP contribution in [0.4, 0.5) is 4.79 Å². The van der Waals surface area contributed by atoms with Crippen LogP contribution in [0.25, 0.3) is 0 Å². The van der Waals surface area contributed by atoms with Crippen LogP contribution < -0.4 is 15.4 Å². The smallest absolute Gasteiger partial charge is 0.323 e. The predicted molar refractivity (Wildman–Crippen MR) is 152 cm³/mol. The van der Waals surface area contributed by atoms with E-state index in [1.807, 2.05) is 18.2 Å². The van der Waals surface area contributed by atoms with Crippen molar-refractivity contribution in [2.45, 2.75) is 31.8 Å². The number of amidine groups is 1. The molecule has 4 amide bonds. The Morgan fingerprint density at radius 3 is 2.49 bits per heavy atom. The van der Waals surface area contributed by atoms with E-state index in [4.69, 9.17) is 4.74 Å². The van der Waals surface area contributed by atoms with Gasteiger partial charge in [0.15, 0.2) is 5.84 Å². The molecule has 0 aliphatic carbocycles. The molecule has 0 bridgehead atoms. The summed E-state index contributed by atoms with van der Waals surface area (Å²) in [5.41, 5.74) is 1.05. The number of hydrogen-bond acceptors (Lipinski definition) is 7. The molecular formula is C30H34N6O5. The van der Waals surface area contributed by atoms with E-state index in [1.165, 1.54) is 18.4 Å². The van der Waals surface area contributed by atoms with Crippen LogP contribution in [0.1, 0.15) is 46.8 Å². The second-order valence-electron chi connectivity index (χ2n) is 10.4. The number of unbranched alkanes of at least 4 members (excludes halogenated alkanes) is 1. The topological polar surface area (TPSA) is 127 Å². The number of hydrogen-bond donors (Lipinski definition) is 3. The first-order chi connectivity index (χ1) is 19.9. The van der Waals surface area contributed by atoms with Gasteiger partial charge in [0.25, 0.3) is 11.8 Å². The van der Waals surface area contributed by atoms with Crippen molar-refractivity contribution in [3.8, 4) is 17.6 Å². The molecule has 1 atom stereocenters. The van der Waals surface area contributed by atoms with Crippen LogP contribution in [0.3, 0.4) is 0 Å². The molecule has 11 nitrogen and oxygen atoms in total. The van der Waals surface area contributed by atoms with Crippen LogP contribution in [-0.2, 0) is 11.3 Å². The fraction of sp³-hybridized carbons (Fsp3) is 0.400. The first kappa shape index (κ1) is 28.0. The number of nitrogens with zero attached hydrogens (tertiary/aromatic N) is 4. The summed E-state index contributed by atoms with van der Waals surface area (Å²) >= 11 is 0. The van der Waals surface area contributed by atoms with Gasteiger partial charge in [0.1, 0.15) is 5.75 Å². The molecule has 2 fully saturated rings. The number of carbonyl (C=O) groups excluding carboxylic acids is 3. The Morgan fingerprint density at radius 2 is 1.85 bits per heavy atom. The molecule has 2 aromatic rings. The Balaban J connectivity index is 1.30. The number of oxime groups is 1. The predicted octanol–water partition coefficient (Wildman–Crippen LogP) is 1.83. The van der Waals surface area contributed by atoms with Gasteiger partial charge in [0, 0.05) is 49.4 Å². The highest BCUT2D eigenvalue weighted by molar-refractivity contribution is 6.10. The zero-order valence-corrected chi connectivity index (χ0v) is 23.3. The fourth-order valence-corrected chi connectivity index (χ4v) is 5.36. The number of imide groups is 1. The lowest BCUT2D eigenvalue weighted by Gasteiger charge is -2.36. The molecule has 0 saturated carbocycles. The molecule has 0 spiro atoms. The van der Waals surface area contributed by atoms with E-state index in [-0.39, 0.29) is 19.0 Å². The summed E-state index contributed by atoms with van der Waals surface area (Å²) in [6, 6.07) is 11.8. The summed E-state index contributed by atoms with van der Waals surface area (Å²) in [6.45, 7) is 6.81. The van der Waals surface area contributed by atoms with Gasteiger partial charge in [-0.25, -0.2) is 4.79 Å². The lowest BCUT2D eigenvalue weighted by Crippen LogP contribution is -2.54. The van der Waals surface area contributed by atoms with Gasteiger partial charge in [0.2, 0.25) is 5.54 Å². The Hall–Kier alpha value is -4.56. The van der Waals surface area contributed by atoms with Crippen molar-refractivity contribution < 1.29 is 24.3 Å². The van der Waals surface area contributed by atoms with Crippen LogP contribution in [0.15, 0.2) is 47.6 Å². The van der Waals surface area contributed by atoms with Crippen LogP contribution in [-0.4, -0.2) is 95.5 Å². The molecule has 5 rings (SSSR count). The molecular weight excluding hydrogens is 524 g/mol. The number of ether oxygens (including phenoxy) is 1. The van der Waals surface area contributed by atoms with E-state index in [2.05, 4.69) is 44.4 Å². The maximum atomic E-state index is 13.1. The number of fused-ring (bicyclic) bond motifs is 1. The second kappa shape index (κ2) is 11.9. The molecule has 3 N–H and O–H groups in total. The Kier molecular flexibility index (Phi) is 8.12. The van der Waals surface area contributed by atoms with Crippen LogP contribution in [0, 0.1) is 11.8 Å². The normalized spacial score (nSPS) is 20.8. The molecule has 0 unspecified atom stereocenters. The molecule has 3 heterocycles. The highest BCUT2D eigenvalue weighted by Gasteiger charge is 2.48. The van der Waals surface area contributed by atoms with Gasteiger partial charge < -0.3 is 25.1 Å². The number of nitrogens with one attached hydrogen (secondary N) is 2. The Bertz CT molecular complexity index is 1420. The quantitative estimate of drug-likeness (QED) is 0.118. The monoisotopic (exact) mass is 558 g/mol. The van der Waals surface area contributed by atoms with Crippen molar-refractivity contribution in [2.75, 3.05) is 46.4 Å². The van der Waals surface area contributed by atoms with Crippen molar-refractivity contribution in [1.82, 2.24) is 25.3 Å². The molecule has 214 valence electrons. The minimum absolute atomic E-state index is 0.114. The van der Waals surface area contributed by atoms with E-state index in [0.29, 0.717) is 22.7 Å². The van der Waals surface area contributed by atoms with Crippen molar-refractivity contribution >= 4 is 23.7 Å². The molecule has 0 aromatic heterocycles. The number of benzene rings is 2. The van der Waals surface area contributed by atoms with E-state index < -0.39 is 17.5 Å². The van der Waals surface area contributed by atoms with Gasteiger partial charge in [-0.3, -0.25) is 19.8 Å². The van der Waals surface area contributed by atoms with Gasteiger partial charge in [-0.2, -0.15) is 0 Å². The Morgan fingerprint density at radius 1 is 1.10 bits per heavy atom. The summed E-state index contributed by atoms with van der Waals surface area (Å²) in [7, 11) is 1.53. The number of amides is 4. The third-order valence-corrected chi connectivity index (χ3v) is 7.72. The highest BCUT2D eigenvalue weighted by Crippen LogP contribution is 2.28. The molecule has 0 radical (unpaired) electrons. The third-order valence-electron chi connectivity index (χ3n) is 7.72. The number of urea groups is 1. The number of rotatable bonds is 7. The third kappa shape index (κ3) is 5.83. The van der Waals surface area contributed by atoms with Crippen molar-refractivity contribution in [1.29, 1.82) is 0 Å². The van der Waals surface area contributed by atoms with Gasteiger partial charge >= 0.3 is 6.03 Å². The van der Waals surface area contributed by atoms with E-state index >= 15 is 0 Å². The molecule has 11 heteroatoms. The zero-order chi connectivity index (χ0) is 29.0. The van der Waals surface area contributed by atoms with Crippen molar-refractivity contribution in [2.24, 2.45) is 5.16 Å². The molecule has 3 aliphatic heterocycles. The first-order valence-electron chi connectivity index (χ1n) is 13.8. The SMILES string of the molecule is CCCCN1CCN(C(=NO)c2ccc(C#C[C@]3(CN4Cc5ccc(OC)cc5C4=O)NC(=O)NC3=O)cc2)CC1. The standard InChI is InChI=1S/C30H34N6O5/c1-3-4-13-34-14-16-35(17-15-34)26(33-40)22-7-5-21(6-8-22)11-12-30(28(38)31-29(39)32-30)20-36-19-23-9-10-24(41-2)18-25(23)27(36)37/h5-10,18,40H,3-4,13-17,19-20H2,1-2H3,(H2,31,32,38,39)/t30-/m1/s1. The summed E-state index contributed by atoms with van der Waals surface area (Å²) in [5, 5.41) is 18.2. The maximum absolute atomic E-state index is 13.1. The summed E-state index contributed by atoms with van der Waals surface area (Å²) < 4.78 is 5.24. The molecule has 2 aromatic carbocycles. The van der Waals surface area contributed by atoms with Gasteiger partial charge in [-0.05, 0) is 54.9 Å². The minimum Gasteiger partial charge on any atom is -0.497 e. The lowest BCUT2D eigenvalue weighted by atomic mass is 9.99. The van der Waals surface area contributed by atoms with Crippen LogP contribution >= 0.6 is 0 Å². The average molecular weight is 559 g/mol. The minimum atomic E-state index is -1.60. The molecule has 41 heavy (non-hydrogen) atoms. The Labute approximate surface area is 239 Å². The van der Waals surface area contributed by atoms with Crippen molar-refractivity contribution in [3.63, 3.8) is 0 Å². The average Bonchev–Trinajstić information content (AvgIpc) is 3.45. The van der Waals surface area contributed by atoms with Crippen LogP contribution in [0.2, 0.25) is 0 Å². The number of carbonyl (C=O) groups is 3. The van der Waals surface area contributed by atoms with E-state index in [1.54, 1.807) is 24.3 Å². The van der Waals surface area contributed by atoms with Crippen LogP contribution in [0.5, 0.6) is 5.75 Å². The highest BCUT2D eigenvalue weighted by atomic mass is 16.5. The molecule has 2 saturated heterocycles. The summed E-state index contributed by atoms with van der Waals surface area (Å²) in [4.78, 5) is 44.2. The van der Waals surface area contributed by atoms with E-state index in [9.17, 15) is 19.6 Å². The van der Waals surface area contributed by atoms with E-state index in [0.717, 1.165) is 50.3 Å². The lowest BCUT2D eigenvalue weighted by molar-refractivity contribution is -0.122. The van der Waals surface area contributed by atoms with Gasteiger partial charge in [-0.1, -0.05) is 36.4 Å². The number of piperazine rings is 1. The maximum Gasteiger partial charge on any atom is 0.323 e. The largest absolute Gasteiger partial charge is 0.497 e. The van der Waals surface area contributed by atoms with Gasteiger partial charge in [-0.15, -0.1) is 0 Å². The second-order valence-corrected chi connectivity index (χ2v) is 10.4.